The molecule has 2 fully saturated rings. The van der Waals surface area contributed by atoms with Crippen molar-refractivity contribution < 1.29 is 19.2 Å². The summed E-state index contributed by atoms with van der Waals surface area (Å²) in [6, 6.07) is 0. The largest absolute Gasteiger partial charge is 0.299 e. The summed E-state index contributed by atoms with van der Waals surface area (Å²) in [5.41, 5.74) is 0. The molecule has 0 radical (unpaired) electrons. The number of hydrogen-bond donors (Lipinski definition) is 0. The summed E-state index contributed by atoms with van der Waals surface area (Å²) >= 11 is 1.44. The number of likely N-dealkylation sites (tertiary alicyclic amines) is 1. The van der Waals surface area contributed by atoms with Crippen LogP contribution in [0.15, 0.2) is 0 Å². The van der Waals surface area contributed by atoms with Crippen molar-refractivity contribution in [2.75, 3.05) is 12.3 Å². The maximum absolute atomic E-state index is 12.6. The van der Waals surface area contributed by atoms with Crippen LogP contribution in [0.3, 0.4) is 0 Å². The van der Waals surface area contributed by atoms with Crippen LogP contribution in [0.4, 0.5) is 0 Å². The smallest absolute Gasteiger partial charge is 0.242 e. The summed E-state index contributed by atoms with van der Waals surface area (Å²) in [6.07, 6.45) is 5.15. The van der Waals surface area contributed by atoms with Crippen LogP contribution in [0.5, 0.6) is 0 Å². The molecule has 0 aromatic rings. The van der Waals surface area contributed by atoms with Gasteiger partial charge in [0.2, 0.25) is 11.8 Å². The molecule has 2 aliphatic rings. The van der Waals surface area contributed by atoms with Crippen molar-refractivity contribution in [2.45, 2.75) is 77.9 Å². The summed E-state index contributed by atoms with van der Waals surface area (Å²) in [5, 5.41) is -0.337. The predicted molar refractivity (Wildman–Crippen MR) is 112 cm³/mol. The van der Waals surface area contributed by atoms with Crippen molar-refractivity contribution in [1.82, 2.24) is 4.90 Å². The molecule has 2 rings (SSSR count). The number of Topliss-reactive ketones (excluding diaryl/α,β-unsaturated/α-hetero) is 2. The normalized spacial score (nSPS) is 26.8. The van der Waals surface area contributed by atoms with Crippen LogP contribution in [0, 0.1) is 23.7 Å². The van der Waals surface area contributed by atoms with Gasteiger partial charge in [-0.15, -0.1) is 11.8 Å². The van der Waals surface area contributed by atoms with Crippen molar-refractivity contribution >= 4 is 35.1 Å². The van der Waals surface area contributed by atoms with E-state index in [-0.39, 0.29) is 47.0 Å². The van der Waals surface area contributed by atoms with Crippen molar-refractivity contribution in [3.8, 4) is 0 Å². The number of carbonyl (C=O) groups excluding carboxylic acids is 4. The molecular weight excluding hydrogens is 374 g/mol. The Morgan fingerprint density at radius 1 is 1.11 bits per heavy atom. The van der Waals surface area contributed by atoms with Gasteiger partial charge in [-0.05, 0) is 38.0 Å². The molecule has 1 aliphatic heterocycles. The first kappa shape index (κ1) is 23.1. The lowest BCUT2D eigenvalue weighted by Gasteiger charge is -2.31. The van der Waals surface area contributed by atoms with E-state index in [1.807, 2.05) is 27.7 Å². The van der Waals surface area contributed by atoms with E-state index in [0.29, 0.717) is 30.4 Å². The van der Waals surface area contributed by atoms with Gasteiger partial charge >= 0.3 is 0 Å². The third-order valence-electron chi connectivity index (χ3n) is 6.30. The highest BCUT2D eigenvalue weighted by Gasteiger charge is 2.40. The highest BCUT2D eigenvalue weighted by molar-refractivity contribution is 8.00. The van der Waals surface area contributed by atoms with Gasteiger partial charge in [0.15, 0.2) is 0 Å². The molecule has 0 spiro atoms. The zero-order chi connectivity index (χ0) is 20.8. The summed E-state index contributed by atoms with van der Waals surface area (Å²) < 4.78 is 0. The number of rotatable bonds is 10. The fourth-order valence-corrected chi connectivity index (χ4v) is 5.19. The van der Waals surface area contributed by atoms with Gasteiger partial charge in [-0.25, -0.2) is 0 Å². The quantitative estimate of drug-likeness (QED) is 0.512. The zero-order valence-electron chi connectivity index (χ0n) is 17.7. The molecule has 1 aliphatic carbocycles. The summed E-state index contributed by atoms with van der Waals surface area (Å²) in [7, 11) is 0. The first-order chi connectivity index (χ1) is 13.2. The number of carbonyl (C=O) groups is 4. The van der Waals surface area contributed by atoms with Crippen LogP contribution in [0.25, 0.3) is 0 Å². The van der Waals surface area contributed by atoms with Crippen molar-refractivity contribution in [1.29, 1.82) is 0 Å². The van der Waals surface area contributed by atoms with Crippen LogP contribution in [-0.4, -0.2) is 45.8 Å². The number of thioether (sulfide) groups is 1. The Labute approximate surface area is 173 Å². The van der Waals surface area contributed by atoms with Gasteiger partial charge in [0.25, 0.3) is 0 Å². The molecule has 1 heterocycles. The molecule has 0 bridgehead atoms. The van der Waals surface area contributed by atoms with Gasteiger partial charge in [0, 0.05) is 42.9 Å². The van der Waals surface area contributed by atoms with E-state index in [1.54, 1.807) is 0 Å². The van der Waals surface area contributed by atoms with Gasteiger partial charge in [0.05, 0.1) is 5.25 Å². The molecule has 28 heavy (non-hydrogen) atoms. The molecule has 2 unspecified atom stereocenters. The molecule has 1 saturated heterocycles. The Hall–Kier alpha value is -1.17. The van der Waals surface area contributed by atoms with E-state index in [1.165, 1.54) is 16.7 Å². The van der Waals surface area contributed by atoms with E-state index in [2.05, 4.69) is 0 Å². The van der Waals surface area contributed by atoms with Gasteiger partial charge in [-0.1, -0.05) is 27.7 Å². The summed E-state index contributed by atoms with van der Waals surface area (Å²) in [5.74, 6) is 1.59. The zero-order valence-corrected chi connectivity index (χ0v) is 18.6. The van der Waals surface area contributed by atoms with Gasteiger partial charge in [-0.2, -0.15) is 0 Å². The highest BCUT2D eigenvalue weighted by Crippen LogP contribution is 2.34. The molecule has 5 nitrogen and oxygen atoms in total. The fourth-order valence-electron chi connectivity index (χ4n) is 4.06. The minimum Gasteiger partial charge on any atom is -0.299 e. The Bertz CT molecular complexity index is 595. The van der Waals surface area contributed by atoms with Crippen LogP contribution in [0.1, 0.15) is 72.6 Å². The maximum atomic E-state index is 12.6. The number of hydrogen-bond acceptors (Lipinski definition) is 5. The molecule has 0 aromatic carbocycles. The van der Waals surface area contributed by atoms with Crippen LogP contribution in [0.2, 0.25) is 0 Å². The number of imide groups is 1. The highest BCUT2D eigenvalue weighted by atomic mass is 32.2. The first-order valence-electron chi connectivity index (χ1n) is 10.8. The minimum absolute atomic E-state index is 0.0142. The van der Waals surface area contributed by atoms with E-state index in [9.17, 15) is 19.2 Å². The van der Waals surface area contributed by atoms with Crippen molar-refractivity contribution in [2.24, 2.45) is 23.7 Å². The van der Waals surface area contributed by atoms with E-state index < -0.39 is 0 Å². The molecule has 6 heteroatoms. The van der Waals surface area contributed by atoms with Crippen LogP contribution < -0.4 is 0 Å². The monoisotopic (exact) mass is 409 g/mol. The fraction of sp³-hybridized carbons (Fsp3) is 0.818. The van der Waals surface area contributed by atoms with Crippen LogP contribution in [-0.2, 0) is 19.2 Å². The molecule has 158 valence electrons. The lowest BCUT2D eigenvalue weighted by Crippen LogP contribution is -2.37. The lowest BCUT2D eigenvalue weighted by atomic mass is 9.77. The van der Waals surface area contributed by atoms with E-state index in [4.69, 9.17) is 0 Å². The molecule has 2 amide bonds. The average molecular weight is 410 g/mol. The molecule has 0 N–H and O–H groups in total. The predicted octanol–water partition coefficient (Wildman–Crippen LogP) is 3.88. The summed E-state index contributed by atoms with van der Waals surface area (Å²) in [4.78, 5) is 50.5. The number of ketones is 2. The van der Waals surface area contributed by atoms with E-state index >= 15 is 0 Å². The summed E-state index contributed by atoms with van der Waals surface area (Å²) in [6.45, 7) is 8.30. The SMILES string of the molecule is CCC(C)C(=O)C1CCC(CN2C(=O)CC(SCCC(=O)C(C)C)C2=O)CC1. The Kier molecular flexibility index (Phi) is 8.72. The van der Waals surface area contributed by atoms with Crippen molar-refractivity contribution in [3.05, 3.63) is 0 Å². The average Bonchev–Trinajstić information content (AvgIpc) is 2.94. The topological polar surface area (TPSA) is 71.5 Å². The third-order valence-corrected chi connectivity index (χ3v) is 7.51. The van der Waals surface area contributed by atoms with Crippen molar-refractivity contribution in [3.63, 3.8) is 0 Å². The second kappa shape index (κ2) is 10.6. The Balaban J connectivity index is 1.78. The molecule has 1 saturated carbocycles. The molecule has 2 atom stereocenters. The molecule has 0 aromatic heterocycles. The number of amides is 2. The Morgan fingerprint density at radius 3 is 2.32 bits per heavy atom. The maximum Gasteiger partial charge on any atom is 0.242 e. The second-order valence-corrected chi connectivity index (χ2v) is 10.0. The lowest BCUT2D eigenvalue weighted by molar-refractivity contribution is -0.139. The minimum atomic E-state index is -0.337. The van der Waals surface area contributed by atoms with E-state index in [0.717, 1.165) is 32.1 Å². The van der Waals surface area contributed by atoms with Gasteiger partial charge in [0.1, 0.15) is 11.6 Å². The number of nitrogens with zero attached hydrogens (tertiary/aromatic N) is 1. The van der Waals surface area contributed by atoms with Gasteiger partial charge < -0.3 is 0 Å². The Morgan fingerprint density at radius 2 is 1.75 bits per heavy atom. The molecular formula is C22H35NO4S. The third kappa shape index (κ3) is 5.91. The van der Waals surface area contributed by atoms with Gasteiger partial charge in [-0.3, -0.25) is 24.1 Å². The second-order valence-electron chi connectivity index (χ2n) is 8.71. The standard InChI is InChI=1S/C22H35NO4S/c1-5-15(4)21(26)17-8-6-16(7-9-17)13-23-20(25)12-19(22(23)27)28-11-10-18(24)14(2)3/h14-17,19H,5-13H2,1-4H3. The first-order valence-corrected chi connectivity index (χ1v) is 11.8. The van der Waals surface area contributed by atoms with Crippen LogP contribution >= 0.6 is 11.8 Å².